The predicted molar refractivity (Wildman–Crippen MR) is 362 cm³/mol. The van der Waals surface area contributed by atoms with Gasteiger partial charge in [-0.3, -0.25) is 4.79 Å². The maximum atomic E-state index is 13.4. The molecule has 0 radical (unpaired) electrons. The maximum absolute atomic E-state index is 13.4. The number of fused-ring (bicyclic) bond motifs is 4. The van der Waals surface area contributed by atoms with Gasteiger partial charge in [-0.2, -0.15) is 0 Å². The van der Waals surface area contributed by atoms with Gasteiger partial charge in [0.25, 0.3) is 0 Å². The lowest BCUT2D eigenvalue weighted by Crippen LogP contribution is -2.42. The number of hydrogen-bond donors (Lipinski definition) is 3. The van der Waals surface area contributed by atoms with Gasteiger partial charge in [-0.05, 0) is 206 Å². The number of allylic oxidation sites excluding steroid dienone is 2. The number of hydrogen-bond acceptors (Lipinski definition) is 9. The number of nitrogens with zero attached hydrogens (tertiary/aromatic N) is 4. The molecule has 24 heteroatoms. The fourth-order valence-electron chi connectivity index (χ4n) is 14.9. The number of H-pyrrole nitrogens is 2. The first-order valence-electron chi connectivity index (χ1n) is 32.5. The molecule has 93 heavy (non-hydrogen) atoms. The van der Waals surface area contributed by atoms with Crippen LogP contribution in [0.3, 0.4) is 0 Å². The molecule has 2 aliphatic carbocycles. The van der Waals surface area contributed by atoms with Gasteiger partial charge < -0.3 is 15.3 Å². The summed E-state index contributed by atoms with van der Waals surface area (Å²) in [7, 11) is -12.7. The summed E-state index contributed by atoms with van der Waals surface area (Å²) in [6, 6.07) is 29.3. The van der Waals surface area contributed by atoms with Gasteiger partial charge in [-0.1, -0.05) is 73.8 Å². The highest BCUT2D eigenvalue weighted by atomic mass is 35.5. The normalized spacial score (nSPS) is 20.5. The molecule has 0 spiro atoms. The largest absolute Gasteiger partial charge is 0.361 e. The van der Waals surface area contributed by atoms with Gasteiger partial charge in [0.2, 0.25) is 46.0 Å². The van der Waals surface area contributed by atoms with Crippen molar-refractivity contribution in [1.82, 2.24) is 27.2 Å². The van der Waals surface area contributed by atoms with Crippen LogP contribution in [-0.2, 0) is 57.1 Å². The Hall–Kier alpha value is -5.89. The molecule has 500 valence electrons. The van der Waals surface area contributed by atoms with Crippen LogP contribution in [-0.4, -0.2) is 136 Å². The van der Waals surface area contributed by atoms with Crippen molar-refractivity contribution in [2.75, 3.05) is 69.7 Å². The minimum absolute atomic E-state index is 0.00919. The molecule has 4 saturated heterocycles. The zero-order valence-electron chi connectivity index (χ0n) is 52.6. The lowest BCUT2D eigenvalue weighted by molar-refractivity contribution is -0.118. The number of benzene rings is 5. The van der Waals surface area contributed by atoms with Gasteiger partial charge in [0.15, 0.2) is 0 Å². The summed E-state index contributed by atoms with van der Waals surface area (Å²) in [4.78, 5) is 18.5. The number of aromatic amines is 2. The number of carbonyl (C=O) groups is 1. The highest BCUT2D eigenvalue weighted by Crippen LogP contribution is 2.44. The molecule has 16 nitrogen and oxygen atoms in total. The van der Waals surface area contributed by atoms with Gasteiger partial charge in [0.05, 0.1) is 28.9 Å². The van der Waals surface area contributed by atoms with Gasteiger partial charge in [0, 0.05) is 97.3 Å². The molecular formula is C69H83ClF3N7O9S4. The van der Waals surface area contributed by atoms with Crippen LogP contribution in [0.15, 0.2) is 122 Å². The van der Waals surface area contributed by atoms with Crippen LogP contribution in [0, 0.1) is 29.3 Å². The molecule has 7 aliphatic rings. The molecule has 0 bridgehead atoms. The molecule has 5 aromatic carbocycles. The summed E-state index contributed by atoms with van der Waals surface area (Å²) in [5, 5.41) is 5.41. The Balaban J connectivity index is 0.000000127. The average molecular weight is 1380 g/mol. The van der Waals surface area contributed by atoms with Gasteiger partial charge in [-0.25, -0.2) is 64.1 Å². The highest BCUT2D eigenvalue weighted by molar-refractivity contribution is 7.90. The summed E-state index contributed by atoms with van der Waals surface area (Å²) < 4.78 is 144. The van der Waals surface area contributed by atoms with Gasteiger partial charge in [0.1, 0.15) is 17.5 Å². The van der Waals surface area contributed by atoms with Crippen molar-refractivity contribution < 1.29 is 51.6 Å². The van der Waals surface area contributed by atoms with E-state index in [-0.39, 0.29) is 57.9 Å². The molecule has 1 saturated carbocycles. The summed E-state index contributed by atoms with van der Waals surface area (Å²) in [5.74, 6) is 0.522. The van der Waals surface area contributed by atoms with E-state index in [2.05, 4.69) is 21.4 Å². The zero-order valence-corrected chi connectivity index (χ0v) is 56.6. The van der Waals surface area contributed by atoms with E-state index < -0.39 is 40.1 Å². The van der Waals surface area contributed by atoms with Crippen LogP contribution in [0.5, 0.6) is 0 Å². The topological polar surface area (TPSA) is 210 Å². The summed E-state index contributed by atoms with van der Waals surface area (Å²) in [6.45, 7) is 6.26. The van der Waals surface area contributed by atoms with Crippen molar-refractivity contribution in [2.45, 2.75) is 126 Å². The minimum atomic E-state index is -3.30. The SMILES string of the molecule is CCCS(=O)(=O)N1CCC(c2c[nH]c3cc(F)ccc23)CC1.CS(=O)(=O)N1CCC(C2C(=O)Nc3ccc(Cl)cc32)CC1.O=S(=O)(C1CCCC1)N1CCC(C2=CCc3cc(F)ccc32)CC1.O=S(=O)(Cc1ccccc1)N1CCC(c2c[nH]c3cc(F)ccc23)CC1. The maximum Gasteiger partial charge on any atom is 0.232 e. The van der Waals surface area contributed by atoms with Crippen LogP contribution in [0.2, 0.25) is 5.02 Å². The van der Waals surface area contributed by atoms with E-state index in [1.807, 2.05) is 67.8 Å². The first-order chi connectivity index (χ1) is 44.4. The Kier molecular flexibility index (Phi) is 21.5. The molecule has 5 fully saturated rings. The Morgan fingerprint density at radius 1 is 0.548 bits per heavy atom. The fourth-order valence-corrected chi connectivity index (χ4v) is 21.1. The first kappa shape index (κ1) is 68.5. The molecule has 3 N–H and O–H groups in total. The van der Waals surface area contributed by atoms with Crippen molar-refractivity contribution in [3.63, 3.8) is 0 Å². The third-order valence-corrected chi connectivity index (χ3v) is 27.7. The first-order valence-corrected chi connectivity index (χ1v) is 39.5. The van der Waals surface area contributed by atoms with E-state index in [9.17, 15) is 51.6 Å². The fraction of sp³-hybridized carbons (Fsp3) is 0.464. The van der Waals surface area contributed by atoms with E-state index in [4.69, 9.17) is 11.6 Å². The summed E-state index contributed by atoms with van der Waals surface area (Å²) >= 11 is 6.03. The van der Waals surface area contributed by atoms with Crippen LogP contribution >= 0.6 is 11.6 Å². The Morgan fingerprint density at radius 3 is 1.62 bits per heavy atom. The third-order valence-electron chi connectivity index (χ3n) is 19.8. The number of sulfonamides is 4. The highest BCUT2D eigenvalue weighted by Gasteiger charge is 2.41. The van der Waals surface area contributed by atoms with E-state index in [0.29, 0.717) is 88.5 Å². The molecule has 1 amide bonds. The number of rotatable bonds is 13. The van der Waals surface area contributed by atoms with E-state index in [0.717, 1.165) is 126 Å². The van der Waals surface area contributed by atoms with Crippen molar-refractivity contribution in [3.8, 4) is 0 Å². The van der Waals surface area contributed by atoms with E-state index in [1.165, 1.54) is 52.0 Å². The molecule has 14 rings (SSSR count). The second kappa shape index (κ2) is 29.2. The standard InChI is InChI=1S/C20H21FN2O2S.C19H24FNO2S.C16H21FN2O2S.C14H17ClN2O3S/c21-17-6-7-18-19(13-22-20(18)12-17)16-8-10-23(11-9-16)26(24,25)14-15-4-2-1-3-5-15;20-16-6-8-19-15(13-16)5-7-18(19)14-9-11-21(12-10-14)24(22,23)17-3-1-2-4-17;1-2-9-22(20,21)19-7-5-12(6-8-19)15-11-18-16-10-13(17)3-4-14(15)16;1-21(19,20)17-6-4-9(5-7-17)13-11-8-10(15)2-3-12(11)16-14(13)18/h1-7,12-13,16,22H,8-11,14H2;6-8,13-14,17H,1-5,9-12H2;3-4,10-12,18H,2,5-9H2,1H3;2-3,8-9,13H,4-7H2,1H3,(H,16,18). The van der Waals surface area contributed by atoms with Gasteiger partial charge in [-0.15, -0.1) is 0 Å². The molecule has 2 aromatic heterocycles. The van der Waals surface area contributed by atoms with E-state index >= 15 is 0 Å². The molecular weight excluding hydrogens is 1290 g/mol. The predicted octanol–water partition coefficient (Wildman–Crippen LogP) is 13.0. The minimum Gasteiger partial charge on any atom is -0.361 e. The molecule has 1 atom stereocenters. The van der Waals surface area contributed by atoms with Crippen LogP contribution in [0.1, 0.15) is 142 Å². The van der Waals surface area contributed by atoms with Crippen molar-refractivity contribution in [3.05, 3.63) is 177 Å². The van der Waals surface area contributed by atoms with Gasteiger partial charge >= 0.3 is 0 Å². The number of halogens is 4. The Bertz CT molecular complexity index is 4310. The summed E-state index contributed by atoms with van der Waals surface area (Å²) in [6.07, 6.45) is 18.8. The van der Waals surface area contributed by atoms with E-state index in [1.54, 1.807) is 37.2 Å². The van der Waals surface area contributed by atoms with Crippen LogP contribution in [0.4, 0.5) is 18.9 Å². The smallest absolute Gasteiger partial charge is 0.232 e. The number of piperidine rings is 4. The quantitative estimate of drug-likeness (QED) is 0.100. The Labute approximate surface area is 550 Å². The summed E-state index contributed by atoms with van der Waals surface area (Å²) in [5.41, 5.74) is 10.00. The number of nitrogens with one attached hydrogen (secondary N) is 3. The number of aromatic nitrogens is 2. The van der Waals surface area contributed by atoms with Crippen molar-refractivity contribution >= 4 is 90.7 Å². The zero-order chi connectivity index (χ0) is 65.8. The van der Waals surface area contributed by atoms with Crippen LogP contribution < -0.4 is 5.32 Å². The van der Waals surface area contributed by atoms with Crippen molar-refractivity contribution in [1.29, 1.82) is 0 Å². The molecule has 5 aliphatic heterocycles. The molecule has 7 aromatic rings. The third kappa shape index (κ3) is 16.0. The second-order valence-electron chi connectivity index (χ2n) is 25.8. The van der Waals surface area contributed by atoms with Crippen molar-refractivity contribution in [2.24, 2.45) is 11.8 Å². The molecule has 1 unspecified atom stereocenters. The average Bonchev–Trinajstić information content (AvgIpc) is 1.72. The monoisotopic (exact) mass is 1370 g/mol. The second-order valence-corrected chi connectivity index (χ2v) is 34.4. The van der Waals surface area contributed by atoms with Crippen LogP contribution in [0.25, 0.3) is 27.4 Å². The number of anilines is 1. The number of carbonyl (C=O) groups excluding carboxylic acids is 1. The Morgan fingerprint density at radius 2 is 1.06 bits per heavy atom. The lowest BCUT2D eigenvalue weighted by atomic mass is 9.81. The molecule has 7 heterocycles. The lowest BCUT2D eigenvalue weighted by Gasteiger charge is -2.33. The number of amides is 1.